The Kier molecular flexibility index (Phi) is 7.32. The smallest absolute Gasteiger partial charge is 0.257 e. The lowest BCUT2D eigenvalue weighted by Crippen LogP contribution is -2.45. The van der Waals surface area contributed by atoms with Gasteiger partial charge in [-0.1, -0.05) is 36.4 Å². The third kappa shape index (κ3) is 5.55. The first-order chi connectivity index (χ1) is 15.3. The molecule has 1 aliphatic heterocycles. The van der Waals surface area contributed by atoms with Crippen molar-refractivity contribution in [3.05, 3.63) is 72.2 Å². The standard InChI is InChI=1S/C23H24N2O6S/c1-3-8-19(22(26)24-32(28,29)14-13-17-9-6-5-7-10-17)23(27)25(4-2)18-11-12-20-21(15-18)31-16-30-20/h3,5-7,9-15,19H,1,4,8,16H2,2H3,(H,24,26)/b14-13+. The number of nitrogens with zero attached hydrogens (tertiary/aromatic N) is 1. The van der Waals surface area contributed by atoms with Crippen LogP contribution in [0.5, 0.6) is 11.5 Å². The molecule has 168 valence electrons. The topological polar surface area (TPSA) is 102 Å². The minimum atomic E-state index is -4.10. The highest BCUT2D eigenvalue weighted by atomic mass is 32.2. The summed E-state index contributed by atoms with van der Waals surface area (Å²) in [6.45, 7) is 5.70. The van der Waals surface area contributed by atoms with Gasteiger partial charge in [0.25, 0.3) is 10.0 Å². The second-order valence-corrected chi connectivity index (χ2v) is 8.49. The number of carbonyl (C=O) groups is 2. The second kappa shape index (κ2) is 10.1. The summed E-state index contributed by atoms with van der Waals surface area (Å²) in [5.41, 5.74) is 1.17. The van der Waals surface area contributed by atoms with Gasteiger partial charge in [-0.25, -0.2) is 13.1 Å². The van der Waals surface area contributed by atoms with Gasteiger partial charge >= 0.3 is 0 Å². The Bertz CT molecular complexity index is 1130. The summed E-state index contributed by atoms with van der Waals surface area (Å²) in [5.74, 6) is -1.68. The van der Waals surface area contributed by atoms with E-state index in [-0.39, 0.29) is 19.8 Å². The lowest BCUT2D eigenvalue weighted by atomic mass is 10.0. The summed E-state index contributed by atoms with van der Waals surface area (Å²) in [6.07, 6.45) is 2.75. The van der Waals surface area contributed by atoms with E-state index in [2.05, 4.69) is 6.58 Å². The van der Waals surface area contributed by atoms with Crippen LogP contribution >= 0.6 is 0 Å². The highest BCUT2D eigenvalue weighted by molar-refractivity contribution is 7.93. The van der Waals surface area contributed by atoms with Crippen molar-refractivity contribution in [2.45, 2.75) is 13.3 Å². The van der Waals surface area contributed by atoms with E-state index in [1.165, 1.54) is 17.1 Å². The van der Waals surface area contributed by atoms with Gasteiger partial charge in [0, 0.05) is 18.3 Å². The van der Waals surface area contributed by atoms with Gasteiger partial charge in [0.1, 0.15) is 5.92 Å². The molecule has 2 aromatic carbocycles. The Morgan fingerprint density at radius 3 is 2.56 bits per heavy atom. The monoisotopic (exact) mass is 456 g/mol. The number of hydrogen-bond donors (Lipinski definition) is 1. The quantitative estimate of drug-likeness (QED) is 0.460. The number of benzene rings is 2. The van der Waals surface area contributed by atoms with Crippen LogP contribution < -0.4 is 19.1 Å². The fraction of sp³-hybridized carbons (Fsp3) is 0.217. The van der Waals surface area contributed by atoms with Crippen molar-refractivity contribution in [2.75, 3.05) is 18.2 Å². The SMILES string of the molecule is C=CCC(C(=O)NS(=O)(=O)/C=C/c1ccccc1)C(=O)N(CC)c1ccc2c(c1)OCO2. The van der Waals surface area contributed by atoms with Gasteiger partial charge in [0.2, 0.25) is 18.6 Å². The van der Waals surface area contributed by atoms with Crippen LogP contribution in [0.25, 0.3) is 6.08 Å². The average Bonchev–Trinajstić information content (AvgIpc) is 3.25. The number of fused-ring (bicyclic) bond motifs is 1. The van der Waals surface area contributed by atoms with Crippen LogP contribution in [0.4, 0.5) is 5.69 Å². The third-order valence-electron chi connectivity index (χ3n) is 4.75. The first-order valence-electron chi connectivity index (χ1n) is 9.96. The molecule has 0 aliphatic carbocycles. The van der Waals surface area contributed by atoms with Crippen molar-refractivity contribution < 1.29 is 27.5 Å². The van der Waals surface area contributed by atoms with Crippen LogP contribution in [0.3, 0.4) is 0 Å². The first-order valence-corrected chi connectivity index (χ1v) is 11.5. The van der Waals surface area contributed by atoms with Crippen LogP contribution in [-0.2, 0) is 19.6 Å². The number of sulfonamides is 1. The van der Waals surface area contributed by atoms with Crippen LogP contribution in [-0.4, -0.2) is 33.6 Å². The molecule has 0 spiro atoms. The van der Waals surface area contributed by atoms with E-state index in [4.69, 9.17) is 9.47 Å². The van der Waals surface area contributed by atoms with Gasteiger partial charge in [0.15, 0.2) is 11.5 Å². The van der Waals surface area contributed by atoms with Gasteiger partial charge in [-0.05, 0) is 37.1 Å². The summed E-state index contributed by atoms with van der Waals surface area (Å²) in [7, 11) is -4.10. The van der Waals surface area contributed by atoms with Crippen molar-refractivity contribution in [3.8, 4) is 11.5 Å². The Morgan fingerprint density at radius 1 is 1.16 bits per heavy atom. The van der Waals surface area contributed by atoms with Crippen LogP contribution in [0, 0.1) is 5.92 Å². The number of nitrogens with one attached hydrogen (secondary N) is 1. The number of allylic oxidation sites excluding steroid dienone is 1. The fourth-order valence-electron chi connectivity index (χ4n) is 3.17. The number of ether oxygens (including phenoxy) is 2. The lowest BCUT2D eigenvalue weighted by Gasteiger charge is -2.25. The molecule has 9 heteroatoms. The molecule has 1 unspecified atom stereocenters. The minimum absolute atomic E-state index is 0.0242. The number of amides is 2. The summed E-state index contributed by atoms with van der Waals surface area (Å²) in [4.78, 5) is 27.4. The number of anilines is 1. The molecule has 1 N–H and O–H groups in total. The van der Waals surface area contributed by atoms with Gasteiger partial charge in [-0.3, -0.25) is 9.59 Å². The molecule has 32 heavy (non-hydrogen) atoms. The zero-order valence-electron chi connectivity index (χ0n) is 17.6. The maximum Gasteiger partial charge on any atom is 0.257 e. The molecule has 0 bridgehead atoms. The minimum Gasteiger partial charge on any atom is -0.454 e. The van der Waals surface area contributed by atoms with Crippen molar-refractivity contribution in [1.82, 2.24) is 4.72 Å². The summed E-state index contributed by atoms with van der Waals surface area (Å²) < 4.78 is 37.4. The molecular weight excluding hydrogens is 432 g/mol. The molecular formula is C23H24N2O6S. The normalized spacial score (nSPS) is 13.5. The fourth-order valence-corrected chi connectivity index (χ4v) is 4.00. The summed E-state index contributed by atoms with van der Waals surface area (Å²) in [5, 5.41) is 0.894. The molecule has 3 rings (SSSR count). The van der Waals surface area contributed by atoms with E-state index >= 15 is 0 Å². The van der Waals surface area contributed by atoms with Gasteiger partial charge < -0.3 is 14.4 Å². The van der Waals surface area contributed by atoms with Gasteiger partial charge in [-0.15, -0.1) is 6.58 Å². The highest BCUT2D eigenvalue weighted by Crippen LogP contribution is 2.36. The zero-order chi connectivity index (χ0) is 23.1. The number of rotatable bonds is 9. The average molecular weight is 457 g/mol. The molecule has 0 saturated carbocycles. The first kappa shape index (κ1) is 23.1. The van der Waals surface area contributed by atoms with E-state index < -0.39 is 27.8 Å². The Hall–Kier alpha value is -3.59. The molecule has 0 saturated heterocycles. The Balaban J connectivity index is 1.77. The molecule has 2 amide bonds. The van der Waals surface area contributed by atoms with E-state index in [9.17, 15) is 18.0 Å². The summed E-state index contributed by atoms with van der Waals surface area (Å²) >= 11 is 0. The molecule has 1 heterocycles. The van der Waals surface area contributed by atoms with Crippen LogP contribution in [0.15, 0.2) is 66.6 Å². The number of carbonyl (C=O) groups excluding carboxylic acids is 2. The van der Waals surface area contributed by atoms with Gasteiger partial charge in [-0.2, -0.15) is 0 Å². The molecule has 1 aliphatic rings. The van der Waals surface area contributed by atoms with Crippen molar-refractivity contribution in [2.24, 2.45) is 5.92 Å². The molecule has 0 radical (unpaired) electrons. The maximum atomic E-state index is 13.2. The third-order valence-corrected chi connectivity index (χ3v) is 5.73. The molecule has 1 atom stereocenters. The largest absolute Gasteiger partial charge is 0.454 e. The molecule has 8 nitrogen and oxygen atoms in total. The van der Waals surface area contributed by atoms with Crippen LogP contribution in [0.2, 0.25) is 0 Å². The Morgan fingerprint density at radius 2 is 1.88 bits per heavy atom. The Labute approximate surface area is 187 Å². The maximum absolute atomic E-state index is 13.2. The summed E-state index contributed by atoms with van der Waals surface area (Å²) in [6, 6.07) is 13.8. The van der Waals surface area contributed by atoms with Crippen molar-refractivity contribution >= 4 is 33.6 Å². The predicted molar refractivity (Wildman–Crippen MR) is 121 cm³/mol. The van der Waals surface area contributed by atoms with Gasteiger partial charge in [0.05, 0.1) is 5.41 Å². The molecule has 0 fully saturated rings. The van der Waals surface area contributed by atoms with Crippen molar-refractivity contribution in [1.29, 1.82) is 0 Å². The molecule has 2 aromatic rings. The van der Waals surface area contributed by atoms with E-state index in [1.807, 2.05) is 4.72 Å². The van der Waals surface area contributed by atoms with E-state index in [0.717, 1.165) is 5.41 Å². The van der Waals surface area contributed by atoms with Crippen LogP contribution in [0.1, 0.15) is 18.9 Å². The highest BCUT2D eigenvalue weighted by Gasteiger charge is 2.32. The number of hydrogen-bond acceptors (Lipinski definition) is 6. The second-order valence-electron chi connectivity index (χ2n) is 6.92. The van der Waals surface area contributed by atoms with E-state index in [1.54, 1.807) is 55.5 Å². The van der Waals surface area contributed by atoms with E-state index in [0.29, 0.717) is 22.7 Å². The van der Waals surface area contributed by atoms with Crippen molar-refractivity contribution in [3.63, 3.8) is 0 Å². The lowest BCUT2D eigenvalue weighted by molar-refractivity contribution is -0.132. The molecule has 0 aromatic heterocycles. The zero-order valence-corrected chi connectivity index (χ0v) is 18.4. The predicted octanol–water partition coefficient (Wildman–Crippen LogP) is 3.08.